The van der Waals surface area contributed by atoms with Crippen LogP contribution in [0.4, 0.5) is 0 Å². The molecule has 0 aromatic heterocycles. The Labute approximate surface area is 212 Å². The monoisotopic (exact) mass is 485 g/mol. The second kappa shape index (κ2) is 11.6. The second-order valence-corrected chi connectivity index (χ2v) is 8.51. The van der Waals surface area contributed by atoms with Gasteiger partial charge < -0.3 is 18.9 Å². The fourth-order valence-corrected chi connectivity index (χ4v) is 4.31. The minimum atomic E-state index is 0.00931. The minimum Gasteiger partial charge on any atom is -0.497 e. The van der Waals surface area contributed by atoms with Gasteiger partial charge in [-0.05, 0) is 42.0 Å². The topological polar surface area (TPSA) is 57.2 Å². The number of Topliss-reactive ketones (excluding diaryl/α,β-unsaturated/α-hetero) is 1. The summed E-state index contributed by atoms with van der Waals surface area (Å²) < 4.78 is 21.8. The van der Waals surface area contributed by atoms with E-state index in [1.165, 1.54) is 5.56 Å². The molecule has 0 spiro atoms. The molecule has 0 radical (unpaired) electrons. The Morgan fingerprint density at radius 1 is 0.694 bits per heavy atom. The number of hydrogen-bond acceptors (Lipinski definition) is 6. The van der Waals surface area contributed by atoms with Gasteiger partial charge in [-0.25, -0.2) is 0 Å². The molecule has 6 heteroatoms. The van der Waals surface area contributed by atoms with Gasteiger partial charge >= 0.3 is 0 Å². The van der Waals surface area contributed by atoms with Gasteiger partial charge in [0.2, 0.25) is 0 Å². The number of ether oxygens (including phenoxy) is 4. The van der Waals surface area contributed by atoms with Crippen molar-refractivity contribution in [2.75, 3.05) is 41.5 Å². The zero-order valence-corrected chi connectivity index (χ0v) is 21.1. The summed E-state index contributed by atoms with van der Waals surface area (Å²) >= 11 is 0. The van der Waals surface area contributed by atoms with Crippen LogP contribution in [0, 0.1) is 0 Å². The maximum absolute atomic E-state index is 13.7. The van der Waals surface area contributed by atoms with Gasteiger partial charge in [-0.2, -0.15) is 0 Å². The molecule has 4 rings (SSSR count). The van der Waals surface area contributed by atoms with Gasteiger partial charge in [0.15, 0.2) is 5.78 Å². The summed E-state index contributed by atoms with van der Waals surface area (Å²) in [4.78, 5) is 15.9. The summed E-state index contributed by atoms with van der Waals surface area (Å²) in [6.45, 7) is 1.78. The van der Waals surface area contributed by atoms with Crippen LogP contribution in [0.5, 0.6) is 23.0 Å². The highest BCUT2D eigenvalue weighted by molar-refractivity contribution is 6.14. The molecule has 3 aromatic carbocycles. The third-order valence-corrected chi connectivity index (χ3v) is 6.16. The fraction of sp³-hybridized carbons (Fsp3) is 0.233. The lowest BCUT2D eigenvalue weighted by molar-refractivity contribution is -0.113. The van der Waals surface area contributed by atoms with Crippen LogP contribution in [0.25, 0.3) is 12.2 Å². The van der Waals surface area contributed by atoms with Crippen molar-refractivity contribution in [3.8, 4) is 23.0 Å². The van der Waals surface area contributed by atoms with Crippen LogP contribution in [0.2, 0.25) is 0 Å². The zero-order valence-electron chi connectivity index (χ0n) is 21.1. The average Bonchev–Trinajstić information content (AvgIpc) is 2.92. The number of likely N-dealkylation sites (tertiary alicyclic amines) is 1. The predicted octanol–water partition coefficient (Wildman–Crippen LogP) is 5.27. The van der Waals surface area contributed by atoms with E-state index in [2.05, 4.69) is 17.0 Å². The maximum atomic E-state index is 13.7. The highest BCUT2D eigenvalue weighted by Gasteiger charge is 2.27. The summed E-state index contributed by atoms with van der Waals surface area (Å²) in [5.41, 5.74) is 4.22. The molecular formula is C30H31NO5. The van der Waals surface area contributed by atoms with Gasteiger partial charge in [0.05, 0.1) is 28.4 Å². The van der Waals surface area contributed by atoms with Crippen molar-refractivity contribution in [3.63, 3.8) is 0 Å². The smallest absolute Gasteiger partial charge is 0.187 e. The van der Waals surface area contributed by atoms with Crippen LogP contribution in [0.3, 0.4) is 0 Å². The largest absolute Gasteiger partial charge is 0.497 e. The van der Waals surface area contributed by atoms with Crippen molar-refractivity contribution < 1.29 is 23.7 Å². The van der Waals surface area contributed by atoms with Crippen LogP contribution in [-0.2, 0) is 11.3 Å². The van der Waals surface area contributed by atoms with E-state index in [9.17, 15) is 4.79 Å². The highest BCUT2D eigenvalue weighted by Crippen LogP contribution is 2.31. The normalized spacial score (nSPS) is 16.3. The number of hydrogen-bond donors (Lipinski definition) is 0. The Morgan fingerprint density at radius 3 is 1.64 bits per heavy atom. The van der Waals surface area contributed by atoms with Crippen LogP contribution < -0.4 is 18.9 Å². The van der Waals surface area contributed by atoms with Crippen molar-refractivity contribution in [3.05, 3.63) is 94.6 Å². The Kier molecular flexibility index (Phi) is 8.08. The van der Waals surface area contributed by atoms with E-state index in [0.29, 0.717) is 47.2 Å². The molecule has 1 saturated heterocycles. The Morgan fingerprint density at radius 2 is 1.19 bits per heavy atom. The van der Waals surface area contributed by atoms with Gasteiger partial charge in [0.25, 0.3) is 0 Å². The van der Waals surface area contributed by atoms with Crippen molar-refractivity contribution in [1.82, 2.24) is 4.90 Å². The van der Waals surface area contributed by atoms with Gasteiger partial charge in [0.1, 0.15) is 23.0 Å². The number of nitrogens with zero attached hydrogens (tertiary/aromatic N) is 1. The molecule has 0 amide bonds. The standard InChI is InChI=1S/C30H31NO5/c1-33-26-12-10-22(28(16-26)35-3)14-24-19-31(18-21-8-6-5-7-9-21)20-25(30(24)32)15-23-11-13-27(34-2)17-29(23)36-4/h5-17H,18-20H2,1-4H3. The summed E-state index contributed by atoms with van der Waals surface area (Å²) in [5.74, 6) is 2.70. The quantitative estimate of drug-likeness (QED) is 0.405. The Balaban J connectivity index is 1.74. The summed E-state index contributed by atoms with van der Waals surface area (Å²) in [6, 6.07) is 21.4. The zero-order chi connectivity index (χ0) is 25.5. The number of ketones is 1. The van der Waals surface area contributed by atoms with E-state index >= 15 is 0 Å². The van der Waals surface area contributed by atoms with Gasteiger partial charge in [-0.1, -0.05) is 30.3 Å². The molecule has 0 N–H and O–H groups in total. The number of benzene rings is 3. The van der Waals surface area contributed by atoms with E-state index in [1.807, 2.05) is 66.7 Å². The molecule has 0 unspecified atom stereocenters. The summed E-state index contributed by atoms with van der Waals surface area (Å²) in [7, 11) is 6.46. The van der Waals surface area contributed by atoms with Gasteiger partial charge in [0, 0.05) is 54.0 Å². The maximum Gasteiger partial charge on any atom is 0.187 e. The lowest BCUT2D eigenvalue weighted by atomic mass is 9.93. The predicted molar refractivity (Wildman–Crippen MR) is 142 cm³/mol. The molecule has 0 atom stereocenters. The number of rotatable bonds is 8. The molecule has 6 nitrogen and oxygen atoms in total. The number of methoxy groups -OCH3 is 4. The molecule has 1 aliphatic heterocycles. The molecule has 1 fully saturated rings. The number of piperidine rings is 1. The molecule has 0 bridgehead atoms. The first-order chi connectivity index (χ1) is 17.5. The Hall–Kier alpha value is -4.03. The second-order valence-electron chi connectivity index (χ2n) is 8.51. The lowest BCUT2D eigenvalue weighted by Crippen LogP contribution is -2.37. The lowest BCUT2D eigenvalue weighted by Gasteiger charge is -2.30. The summed E-state index contributed by atoms with van der Waals surface area (Å²) in [5, 5.41) is 0. The number of carbonyl (C=O) groups is 1. The van der Waals surface area contributed by atoms with Crippen molar-refractivity contribution in [2.45, 2.75) is 6.54 Å². The third-order valence-electron chi connectivity index (χ3n) is 6.16. The molecule has 36 heavy (non-hydrogen) atoms. The van der Waals surface area contributed by atoms with E-state index in [-0.39, 0.29) is 5.78 Å². The van der Waals surface area contributed by atoms with Crippen molar-refractivity contribution in [1.29, 1.82) is 0 Å². The molecule has 186 valence electrons. The fourth-order valence-electron chi connectivity index (χ4n) is 4.31. The summed E-state index contributed by atoms with van der Waals surface area (Å²) in [6.07, 6.45) is 3.83. The first-order valence-corrected chi connectivity index (χ1v) is 11.7. The third kappa shape index (κ3) is 5.78. The SMILES string of the molecule is COc1ccc(C=C2CN(Cc3ccccc3)CC(=Cc3ccc(OC)cc3OC)C2=O)c(OC)c1. The van der Waals surface area contributed by atoms with Crippen molar-refractivity contribution >= 4 is 17.9 Å². The molecule has 1 heterocycles. The first-order valence-electron chi connectivity index (χ1n) is 11.7. The van der Waals surface area contributed by atoms with Crippen molar-refractivity contribution in [2.24, 2.45) is 0 Å². The average molecular weight is 486 g/mol. The van der Waals surface area contributed by atoms with Crippen LogP contribution >= 0.6 is 0 Å². The minimum absolute atomic E-state index is 0.00931. The van der Waals surface area contributed by atoms with Crippen LogP contribution in [-0.4, -0.2) is 52.2 Å². The van der Waals surface area contributed by atoms with E-state index in [4.69, 9.17) is 18.9 Å². The molecule has 0 saturated carbocycles. The highest BCUT2D eigenvalue weighted by atomic mass is 16.5. The van der Waals surface area contributed by atoms with Gasteiger partial charge in [-0.3, -0.25) is 9.69 Å². The molecule has 3 aromatic rings. The van der Waals surface area contributed by atoms with E-state index < -0.39 is 0 Å². The Bertz CT molecular complexity index is 1200. The molecule has 0 aliphatic carbocycles. The van der Waals surface area contributed by atoms with E-state index in [0.717, 1.165) is 17.7 Å². The van der Waals surface area contributed by atoms with E-state index in [1.54, 1.807) is 28.4 Å². The van der Waals surface area contributed by atoms with Gasteiger partial charge in [-0.15, -0.1) is 0 Å². The molecule has 1 aliphatic rings. The molecular weight excluding hydrogens is 454 g/mol. The number of carbonyl (C=O) groups excluding carboxylic acids is 1. The van der Waals surface area contributed by atoms with Crippen LogP contribution in [0.1, 0.15) is 16.7 Å². The first kappa shape index (κ1) is 25.1. The van der Waals surface area contributed by atoms with Crippen LogP contribution in [0.15, 0.2) is 77.9 Å².